The van der Waals surface area contributed by atoms with Crippen LogP contribution in [0.2, 0.25) is 0 Å². The van der Waals surface area contributed by atoms with Gasteiger partial charge >= 0.3 is 6.03 Å². The topological polar surface area (TPSA) is 133 Å². The molecule has 12 heteroatoms. The molecule has 2 fully saturated rings. The van der Waals surface area contributed by atoms with Gasteiger partial charge < -0.3 is 25.4 Å². The number of aromatic nitrogens is 1. The molecule has 0 bridgehead atoms. The summed E-state index contributed by atoms with van der Waals surface area (Å²) in [7, 11) is 0. The Morgan fingerprint density at radius 1 is 0.950 bits per heavy atom. The van der Waals surface area contributed by atoms with Crippen LogP contribution in [0.15, 0.2) is 60.8 Å². The fourth-order valence-corrected chi connectivity index (χ4v) is 4.38. The van der Waals surface area contributed by atoms with Crippen LogP contribution in [0.3, 0.4) is 0 Å². The molecule has 5 rings (SSSR count). The smallest absolute Gasteiger partial charge is 0.323 e. The Kier molecular flexibility index (Phi) is 7.60. The summed E-state index contributed by atoms with van der Waals surface area (Å²) in [5.74, 6) is -1.77. The number of benzene rings is 2. The second kappa shape index (κ2) is 11.3. The zero-order valence-electron chi connectivity index (χ0n) is 21.3. The maximum Gasteiger partial charge on any atom is 0.323 e. The molecule has 2 aliphatic rings. The lowest BCUT2D eigenvalue weighted by Gasteiger charge is -2.29. The molecule has 1 aliphatic carbocycles. The molecule has 0 spiro atoms. The Morgan fingerprint density at radius 3 is 2.38 bits per heavy atom. The molecule has 1 saturated heterocycles. The van der Waals surface area contributed by atoms with E-state index in [0.29, 0.717) is 37.9 Å². The van der Waals surface area contributed by atoms with E-state index >= 15 is 0 Å². The predicted molar refractivity (Wildman–Crippen MR) is 142 cm³/mol. The van der Waals surface area contributed by atoms with E-state index in [0.717, 1.165) is 6.07 Å². The summed E-state index contributed by atoms with van der Waals surface area (Å²) in [4.78, 5) is 43.7. The van der Waals surface area contributed by atoms with Crippen LogP contribution in [-0.2, 0) is 9.59 Å². The van der Waals surface area contributed by atoms with Crippen molar-refractivity contribution in [3.63, 3.8) is 0 Å². The second-order valence-corrected chi connectivity index (χ2v) is 9.79. The number of piperidine rings is 1. The minimum atomic E-state index is -1.33. The first-order valence-corrected chi connectivity index (χ1v) is 12.8. The number of pyridine rings is 1. The van der Waals surface area contributed by atoms with Crippen molar-refractivity contribution in [2.45, 2.75) is 31.8 Å². The number of β-amino-alcohol motifs (C(OH)–C–C–N with tert-alkyl or cyclic N) is 1. The average Bonchev–Trinajstić information content (AvgIpc) is 3.74. The highest BCUT2D eigenvalue weighted by molar-refractivity contribution is 6.16. The van der Waals surface area contributed by atoms with Crippen molar-refractivity contribution in [2.75, 3.05) is 29.0 Å². The average molecular weight is 552 g/mol. The van der Waals surface area contributed by atoms with Crippen molar-refractivity contribution in [3.05, 3.63) is 72.4 Å². The maximum atomic E-state index is 14.9. The van der Waals surface area contributed by atoms with Gasteiger partial charge in [0.25, 0.3) is 0 Å². The van der Waals surface area contributed by atoms with E-state index in [1.54, 1.807) is 0 Å². The van der Waals surface area contributed by atoms with Gasteiger partial charge in [0.2, 0.25) is 11.8 Å². The van der Waals surface area contributed by atoms with Crippen LogP contribution in [0.5, 0.6) is 11.5 Å². The van der Waals surface area contributed by atoms with Crippen LogP contribution in [0, 0.1) is 17.0 Å². The molecule has 2 aromatic carbocycles. The van der Waals surface area contributed by atoms with Gasteiger partial charge in [-0.25, -0.2) is 18.6 Å². The fourth-order valence-electron chi connectivity index (χ4n) is 4.38. The minimum Gasteiger partial charge on any atom is -0.457 e. The van der Waals surface area contributed by atoms with E-state index in [4.69, 9.17) is 4.74 Å². The Labute approximate surface area is 228 Å². The predicted octanol–water partition coefficient (Wildman–Crippen LogP) is 4.50. The van der Waals surface area contributed by atoms with Crippen LogP contribution >= 0.6 is 0 Å². The van der Waals surface area contributed by atoms with Gasteiger partial charge in [-0.2, -0.15) is 0 Å². The summed E-state index contributed by atoms with van der Waals surface area (Å²) in [5.41, 5.74) is -1.10. The SMILES string of the molecule is O=C(Nc1cc(Oc2ccc(NC(=O)C3(C(=O)Nc4ccc(F)cc4)CC3)c(F)c2)ccn1)N1CCCC(O)C1. The van der Waals surface area contributed by atoms with Gasteiger partial charge in [-0.15, -0.1) is 0 Å². The number of ether oxygens (including phenoxy) is 1. The number of halogens is 2. The van der Waals surface area contributed by atoms with E-state index < -0.39 is 41.0 Å². The third kappa shape index (κ3) is 6.18. The van der Waals surface area contributed by atoms with E-state index in [1.165, 1.54) is 59.6 Å². The molecule has 0 radical (unpaired) electrons. The number of rotatable bonds is 7. The van der Waals surface area contributed by atoms with E-state index in [-0.39, 0.29) is 29.5 Å². The number of aliphatic hydroxyl groups is 1. The largest absolute Gasteiger partial charge is 0.457 e. The number of urea groups is 1. The number of hydrogen-bond donors (Lipinski definition) is 4. The summed E-state index contributed by atoms with van der Waals surface area (Å²) in [6, 6.07) is 11.6. The van der Waals surface area contributed by atoms with Crippen molar-refractivity contribution >= 4 is 35.0 Å². The Balaban J connectivity index is 1.19. The quantitative estimate of drug-likeness (QED) is 0.320. The molecule has 1 atom stereocenters. The molecular formula is C28H27F2N5O5. The number of amides is 4. The summed E-state index contributed by atoms with van der Waals surface area (Å²) in [6.07, 6.45) is 2.82. The fraction of sp³-hybridized carbons (Fsp3) is 0.286. The van der Waals surface area contributed by atoms with Gasteiger partial charge in [-0.1, -0.05) is 0 Å². The van der Waals surface area contributed by atoms with Crippen molar-refractivity contribution in [3.8, 4) is 11.5 Å². The van der Waals surface area contributed by atoms with Crippen LogP contribution < -0.4 is 20.7 Å². The lowest BCUT2D eigenvalue weighted by molar-refractivity contribution is -0.131. The molecule has 1 aliphatic heterocycles. The number of nitrogens with zero attached hydrogens (tertiary/aromatic N) is 2. The van der Waals surface area contributed by atoms with E-state index in [1.807, 2.05) is 0 Å². The molecule has 3 aromatic rings. The lowest BCUT2D eigenvalue weighted by atomic mass is 10.0. The lowest BCUT2D eigenvalue weighted by Crippen LogP contribution is -2.44. The second-order valence-electron chi connectivity index (χ2n) is 9.79. The number of likely N-dealkylation sites (tertiary alicyclic amines) is 1. The maximum absolute atomic E-state index is 14.9. The summed E-state index contributed by atoms with van der Waals surface area (Å²) >= 11 is 0. The summed E-state index contributed by atoms with van der Waals surface area (Å²) in [5, 5.41) is 17.5. The van der Waals surface area contributed by atoms with Crippen molar-refractivity contribution in [1.82, 2.24) is 9.88 Å². The van der Waals surface area contributed by atoms with E-state index in [2.05, 4.69) is 20.9 Å². The first-order chi connectivity index (χ1) is 19.2. The summed E-state index contributed by atoms with van der Waals surface area (Å²) in [6.45, 7) is 0.769. The summed E-state index contributed by atoms with van der Waals surface area (Å²) < 4.78 is 33.7. The highest BCUT2D eigenvalue weighted by Gasteiger charge is 2.56. The van der Waals surface area contributed by atoms with Gasteiger partial charge in [-0.05, 0) is 68.1 Å². The molecule has 1 aromatic heterocycles. The third-order valence-electron chi connectivity index (χ3n) is 6.80. The van der Waals surface area contributed by atoms with Crippen LogP contribution in [-0.4, -0.2) is 52.0 Å². The van der Waals surface area contributed by atoms with Crippen molar-refractivity contribution in [2.24, 2.45) is 5.41 Å². The Hall–Kier alpha value is -4.58. The zero-order valence-corrected chi connectivity index (χ0v) is 21.3. The van der Waals surface area contributed by atoms with Crippen LogP contribution in [0.25, 0.3) is 0 Å². The molecule has 10 nitrogen and oxygen atoms in total. The van der Waals surface area contributed by atoms with Crippen LogP contribution in [0.4, 0.5) is 30.8 Å². The number of nitrogens with one attached hydrogen (secondary N) is 3. The highest BCUT2D eigenvalue weighted by Crippen LogP contribution is 2.47. The monoisotopic (exact) mass is 551 g/mol. The highest BCUT2D eigenvalue weighted by atomic mass is 19.1. The molecule has 208 valence electrons. The van der Waals surface area contributed by atoms with Crippen molar-refractivity contribution in [1.29, 1.82) is 0 Å². The van der Waals surface area contributed by atoms with Gasteiger partial charge in [0.05, 0.1) is 11.8 Å². The third-order valence-corrected chi connectivity index (χ3v) is 6.80. The minimum absolute atomic E-state index is 0.121. The first kappa shape index (κ1) is 27.0. The molecule has 1 unspecified atom stereocenters. The molecule has 4 N–H and O–H groups in total. The number of aliphatic hydroxyl groups excluding tert-OH is 1. The van der Waals surface area contributed by atoms with E-state index in [9.17, 15) is 28.3 Å². The zero-order chi connectivity index (χ0) is 28.3. The number of hydrogen-bond acceptors (Lipinski definition) is 6. The number of carbonyl (C=O) groups is 3. The Morgan fingerprint density at radius 2 is 1.68 bits per heavy atom. The Bertz CT molecular complexity index is 1430. The normalized spacial score (nSPS) is 17.5. The van der Waals surface area contributed by atoms with Crippen LogP contribution in [0.1, 0.15) is 25.7 Å². The van der Waals surface area contributed by atoms with Gasteiger partial charge in [-0.3, -0.25) is 14.9 Å². The number of anilines is 3. The van der Waals surface area contributed by atoms with Crippen molar-refractivity contribution < 1.29 is 33.0 Å². The molecule has 2 heterocycles. The standard InChI is InChI=1S/C28H27F2N5O5/c29-17-3-5-18(6-4-17)32-25(37)28(10-11-28)26(38)33-23-8-7-20(14-22(23)30)40-21-9-12-31-24(15-21)34-27(39)35-13-1-2-19(36)16-35/h3-9,12,14-15,19,36H,1-2,10-11,13,16H2,(H,32,37)(H,33,38)(H,31,34,39). The van der Waals surface area contributed by atoms with Gasteiger partial charge in [0.1, 0.15) is 34.4 Å². The molecule has 1 saturated carbocycles. The number of carbonyl (C=O) groups excluding carboxylic acids is 3. The molecule has 4 amide bonds. The molecular weight excluding hydrogens is 524 g/mol. The van der Waals surface area contributed by atoms with Gasteiger partial charge in [0.15, 0.2) is 0 Å². The molecule has 40 heavy (non-hydrogen) atoms. The van der Waals surface area contributed by atoms with Gasteiger partial charge in [0, 0.05) is 37.1 Å². The first-order valence-electron chi connectivity index (χ1n) is 12.8.